The van der Waals surface area contributed by atoms with Crippen molar-refractivity contribution >= 4 is 5.97 Å². The molecule has 0 aromatic carbocycles. The van der Waals surface area contributed by atoms with E-state index >= 15 is 0 Å². The number of carboxylic acid groups (broad SMARTS) is 1. The fourth-order valence-electron chi connectivity index (χ4n) is 3.05. The summed E-state index contributed by atoms with van der Waals surface area (Å²) in [6, 6.07) is -0.467. The third-order valence-electron chi connectivity index (χ3n) is 4.16. The minimum Gasteiger partial charge on any atom is -0.477 e. The summed E-state index contributed by atoms with van der Waals surface area (Å²) in [5.74, 6) is -0.769. The van der Waals surface area contributed by atoms with E-state index in [0.29, 0.717) is 17.4 Å². The molecule has 4 nitrogen and oxygen atoms in total. The number of rotatable bonds is 12. The number of allylic oxidation sites excluding steroid dienone is 2. The van der Waals surface area contributed by atoms with Crippen molar-refractivity contribution in [3.63, 3.8) is 0 Å². The van der Waals surface area contributed by atoms with Crippen molar-refractivity contribution in [1.29, 1.82) is 0 Å². The number of aliphatic carboxylic acids is 1. The Bertz CT molecular complexity index is 309. The van der Waals surface area contributed by atoms with Crippen LogP contribution in [0.2, 0.25) is 0 Å². The van der Waals surface area contributed by atoms with Gasteiger partial charge in [0.25, 0.3) is 0 Å². The maximum Gasteiger partial charge on any atom is 0.362 e. The summed E-state index contributed by atoms with van der Waals surface area (Å²) < 4.78 is 0.487. The van der Waals surface area contributed by atoms with Gasteiger partial charge in [-0.05, 0) is 39.0 Å². The van der Waals surface area contributed by atoms with Crippen molar-refractivity contribution in [3.8, 4) is 0 Å². The SMILES string of the molecule is CC/C=C/CCC(O)C[N+](CCC)(CCC)C(C)C(=O)O. The smallest absolute Gasteiger partial charge is 0.362 e. The molecule has 0 aromatic rings. The van der Waals surface area contributed by atoms with Crippen molar-refractivity contribution < 1.29 is 19.5 Å². The molecule has 0 aliphatic heterocycles. The van der Waals surface area contributed by atoms with E-state index < -0.39 is 18.1 Å². The van der Waals surface area contributed by atoms with E-state index in [9.17, 15) is 15.0 Å². The highest BCUT2D eigenvalue weighted by Gasteiger charge is 2.38. The monoisotopic (exact) mass is 300 g/mol. The molecule has 0 bridgehead atoms. The first-order valence-corrected chi connectivity index (χ1v) is 8.35. The van der Waals surface area contributed by atoms with E-state index in [0.717, 1.165) is 38.8 Å². The van der Waals surface area contributed by atoms with E-state index in [1.54, 1.807) is 6.92 Å². The Hall–Kier alpha value is -0.870. The largest absolute Gasteiger partial charge is 0.477 e. The maximum atomic E-state index is 11.5. The third-order valence-corrected chi connectivity index (χ3v) is 4.16. The summed E-state index contributed by atoms with van der Waals surface area (Å²) in [6.45, 7) is 10.2. The third kappa shape index (κ3) is 7.09. The van der Waals surface area contributed by atoms with E-state index in [1.165, 1.54) is 0 Å². The number of hydrogen-bond donors (Lipinski definition) is 2. The Kier molecular flexibility index (Phi) is 10.4. The second-order valence-corrected chi connectivity index (χ2v) is 5.97. The van der Waals surface area contributed by atoms with Gasteiger partial charge < -0.3 is 14.7 Å². The molecule has 0 heterocycles. The molecule has 0 saturated heterocycles. The number of aliphatic hydroxyl groups excluding tert-OH is 1. The van der Waals surface area contributed by atoms with E-state index in [-0.39, 0.29) is 0 Å². The van der Waals surface area contributed by atoms with Crippen LogP contribution >= 0.6 is 0 Å². The Morgan fingerprint density at radius 3 is 2.14 bits per heavy atom. The predicted molar refractivity (Wildman–Crippen MR) is 87.2 cm³/mol. The van der Waals surface area contributed by atoms with E-state index in [1.807, 2.05) is 0 Å². The lowest BCUT2D eigenvalue weighted by Crippen LogP contribution is -2.61. The Morgan fingerprint density at radius 2 is 1.71 bits per heavy atom. The van der Waals surface area contributed by atoms with Crippen LogP contribution in [0.5, 0.6) is 0 Å². The predicted octanol–water partition coefficient (Wildman–Crippen LogP) is 3.20. The fourth-order valence-corrected chi connectivity index (χ4v) is 3.05. The molecule has 0 saturated carbocycles. The summed E-state index contributed by atoms with van der Waals surface area (Å²) in [7, 11) is 0. The van der Waals surface area contributed by atoms with Gasteiger partial charge >= 0.3 is 5.97 Å². The zero-order valence-electron chi connectivity index (χ0n) is 14.2. The van der Waals surface area contributed by atoms with Crippen LogP contribution in [0.25, 0.3) is 0 Å². The molecule has 0 aliphatic carbocycles. The molecule has 2 N–H and O–H groups in total. The van der Waals surface area contributed by atoms with Gasteiger partial charge in [0.1, 0.15) is 12.6 Å². The molecule has 21 heavy (non-hydrogen) atoms. The molecule has 0 amide bonds. The van der Waals surface area contributed by atoms with Crippen molar-refractivity contribution in [1.82, 2.24) is 0 Å². The Balaban J connectivity index is 4.85. The Morgan fingerprint density at radius 1 is 1.14 bits per heavy atom. The summed E-state index contributed by atoms with van der Waals surface area (Å²) in [5, 5.41) is 19.7. The minimum absolute atomic E-state index is 0.439. The first-order valence-electron chi connectivity index (χ1n) is 8.35. The highest BCUT2D eigenvalue weighted by atomic mass is 16.4. The topological polar surface area (TPSA) is 57.5 Å². The molecule has 124 valence electrons. The molecular formula is C17H34NO3+. The molecule has 0 rings (SSSR count). The zero-order chi connectivity index (χ0) is 16.3. The maximum absolute atomic E-state index is 11.5. The average molecular weight is 300 g/mol. The number of quaternary nitrogens is 1. The fraction of sp³-hybridized carbons (Fsp3) is 0.824. The minimum atomic E-state index is -0.769. The first kappa shape index (κ1) is 20.1. The van der Waals surface area contributed by atoms with Gasteiger partial charge in [-0.15, -0.1) is 0 Å². The molecule has 2 unspecified atom stereocenters. The Labute approximate surface area is 130 Å². The summed E-state index contributed by atoms with van der Waals surface area (Å²) in [4.78, 5) is 11.5. The number of hydrogen-bond acceptors (Lipinski definition) is 2. The highest BCUT2D eigenvalue weighted by Crippen LogP contribution is 2.19. The second-order valence-electron chi connectivity index (χ2n) is 5.97. The van der Waals surface area contributed by atoms with Gasteiger partial charge in [-0.1, -0.05) is 32.9 Å². The highest BCUT2D eigenvalue weighted by molar-refractivity contribution is 5.71. The van der Waals surface area contributed by atoms with E-state index in [2.05, 4.69) is 32.9 Å². The van der Waals surface area contributed by atoms with Crippen LogP contribution in [-0.2, 0) is 4.79 Å². The molecule has 0 aliphatic rings. The molecule has 0 spiro atoms. The lowest BCUT2D eigenvalue weighted by atomic mass is 10.1. The van der Waals surface area contributed by atoms with Crippen LogP contribution in [0.15, 0.2) is 12.2 Å². The summed E-state index contributed by atoms with van der Waals surface area (Å²) >= 11 is 0. The van der Waals surface area contributed by atoms with Gasteiger partial charge in [-0.2, -0.15) is 0 Å². The number of aliphatic hydroxyl groups is 1. The molecule has 0 aromatic heterocycles. The van der Waals surface area contributed by atoms with Crippen molar-refractivity contribution in [3.05, 3.63) is 12.2 Å². The van der Waals surface area contributed by atoms with Crippen molar-refractivity contribution in [2.45, 2.75) is 71.9 Å². The molecule has 2 atom stereocenters. The quantitative estimate of drug-likeness (QED) is 0.430. The molecule has 0 fully saturated rings. The first-order chi connectivity index (χ1) is 9.93. The molecule has 4 heteroatoms. The van der Waals surface area contributed by atoms with Gasteiger partial charge in [0.15, 0.2) is 6.04 Å². The van der Waals surface area contributed by atoms with Gasteiger partial charge in [0.05, 0.1) is 13.1 Å². The number of carboxylic acids is 1. The standard InChI is InChI=1S/C17H33NO3/c1-5-8-9-10-11-16(19)14-18(12-6-2,13-7-3)15(4)17(20)21/h8-9,15-16,19H,5-7,10-14H2,1-4H3/p+1/b9-8+. The normalized spacial score (nSPS) is 15.3. The van der Waals surface area contributed by atoms with Crippen LogP contribution < -0.4 is 0 Å². The van der Waals surface area contributed by atoms with Crippen LogP contribution in [0.3, 0.4) is 0 Å². The van der Waals surface area contributed by atoms with Gasteiger partial charge in [-0.3, -0.25) is 0 Å². The van der Waals surface area contributed by atoms with Crippen molar-refractivity contribution in [2.75, 3.05) is 19.6 Å². The lowest BCUT2D eigenvalue weighted by molar-refractivity contribution is -0.944. The van der Waals surface area contributed by atoms with Gasteiger partial charge in [-0.25, -0.2) is 4.79 Å². The molecule has 0 radical (unpaired) electrons. The van der Waals surface area contributed by atoms with Crippen LogP contribution in [0, 0.1) is 0 Å². The zero-order valence-corrected chi connectivity index (χ0v) is 14.2. The van der Waals surface area contributed by atoms with Crippen molar-refractivity contribution in [2.24, 2.45) is 0 Å². The number of nitrogens with zero attached hydrogens (tertiary/aromatic N) is 1. The van der Waals surface area contributed by atoms with Crippen LogP contribution in [0.1, 0.15) is 59.8 Å². The average Bonchev–Trinajstić information content (AvgIpc) is 2.43. The van der Waals surface area contributed by atoms with Crippen LogP contribution in [-0.4, -0.2) is 52.4 Å². The van der Waals surface area contributed by atoms with E-state index in [4.69, 9.17) is 0 Å². The van der Waals surface area contributed by atoms with Crippen LogP contribution in [0.4, 0.5) is 0 Å². The van der Waals surface area contributed by atoms with Gasteiger partial charge in [0.2, 0.25) is 0 Å². The van der Waals surface area contributed by atoms with Gasteiger partial charge in [0, 0.05) is 0 Å². The summed E-state index contributed by atoms with van der Waals surface area (Å²) in [5.41, 5.74) is 0. The summed E-state index contributed by atoms with van der Waals surface area (Å²) in [6.07, 6.45) is 8.19. The molecular weight excluding hydrogens is 266 g/mol. The lowest BCUT2D eigenvalue weighted by Gasteiger charge is -2.43. The second kappa shape index (κ2) is 10.8. The number of carbonyl (C=O) groups is 1.